The molecule has 0 unspecified atom stereocenters. The molecule has 9 heteroatoms. The van der Waals surface area contributed by atoms with Crippen LogP contribution >= 0.6 is 11.3 Å². The van der Waals surface area contributed by atoms with Crippen molar-refractivity contribution in [3.8, 4) is 0 Å². The first kappa shape index (κ1) is 16.2. The fourth-order valence-corrected chi connectivity index (χ4v) is 2.49. The van der Waals surface area contributed by atoms with Crippen LogP contribution in [0.4, 0.5) is 18.3 Å². The van der Waals surface area contributed by atoms with Gasteiger partial charge in [0.15, 0.2) is 5.13 Å². The van der Waals surface area contributed by atoms with Gasteiger partial charge >= 0.3 is 6.18 Å². The molecule has 0 aromatic carbocycles. The van der Waals surface area contributed by atoms with Gasteiger partial charge in [0.2, 0.25) is 5.91 Å². The first-order valence-electron chi connectivity index (χ1n) is 6.18. The minimum absolute atomic E-state index is 0.347. The van der Waals surface area contributed by atoms with Gasteiger partial charge in [0.1, 0.15) is 6.54 Å². The second-order valence-corrected chi connectivity index (χ2v) is 5.79. The van der Waals surface area contributed by atoms with E-state index in [-0.39, 0.29) is 0 Å². The highest BCUT2D eigenvalue weighted by atomic mass is 32.1. The Labute approximate surface area is 127 Å². The molecule has 1 amide bonds. The molecule has 2 aromatic rings. The van der Waals surface area contributed by atoms with Crippen LogP contribution in [0.2, 0.25) is 0 Å². The van der Waals surface area contributed by atoms with Gasteiger partial charge in [-0.15, -0.1) is 11.3 Å². The molecule has 0 saturated heterocycles. The highest BCUT2D eigenvalue weighted by molar-refractivity contribution is 7.15. The minimum atomic E-state index is -4.57. The minimum Gasteiger partial charge on any atom is -0.305 e. The molecule has 0 aliphatic rings. The first-order valence-corrected chi connectivity index (χ1v) is 7.00. The quantitative estimate of drug-likeness (QED) is 0.940. The summed E-state index contributed by atoms with van der Waals surface area (Å²) < 4.78 is 38.5. The lowest BCUT2D eigenvalue weighted by Crippen LogP contribution is -2.28. The van der Waals surface area contributed by atoms with Gasteiger partial charge in [0.25, 0.3) is 5.56 Å². The van der Waals surface area contributed by atoms with E-state index in [0.29, 0.717) is 22.0 Å². The molecular formula is C13H12F3N3O2S. The zero-order valence-electron chi connectivity index (χ0n) is 11.7. The van der Waals surface area contributed by atoms with Crippen LogP contribution in [-0.4, -0.2) is 15.5 Å². The highest BCUT2D eigenvalue weighted by Crippen LogP contribution is 2.28. The Morgan fingerprint density at radius 2 is 2.05 bits per heavy atom. The van der Waals surface area contributed by atoms with E-state index < -0.39 is 29.8 Å². The number of thiazole rings is 1. The predicted octanol–water partition coefficient (Wildman–Crippen LogP) is 2.58. The van der Waals surface area contributed by atoms with Gasteiger partial charge in [-0.2, -0.15) is 13.2 Å². The number of anilines is 1. The number of hydrogen-bond acceptors (Lipinski definition) is 4. The Morgan fingerprint density at radius 1 is 1.36 bits per heavy atom. The lowest BCUT2D eigenvalue weighted by Gasteiger charge is -2.10. The van der Waals surface area contributed by atoms with Gasteiger partial charge in [0, 0.05) is 17.1 Å². The second kappa shape index (κ2) is 5.91. The van der Waals surface area contributed by atoms with Gasteiger partial charge in [-0.05, 0) is 19.9 Å². The Balaban J connectivity index is 2.16. The number of halogens is 3. The molecule has 2 aromatic heterocycles. The fourth-order valence-electron chi connectivity index (χ4n) is 1.66. The molecule has 0 bridgehead atoms. The largest absolute Gasteiger partial charge is 0.417 e. The molecule has 0 radical (unpaired) electrons. The Hall–Kier alpha value is -2.16. The number of nitrogens with one attached hydrogen (secondary N) is 1. The van der Waals surface area contributed by atoms with Crippen molar-refractivity contribution in [1.82, 2.24) is 9.55 Å². The first-order chi connectivity index (χ1) is 10.2. The number of aryl methyl sites for hydroxylation is 2. The molecule has 2 rings (SSSR count). The van der Waals surface area contributed by atoms with Crippen molar-refractivity contribution in [2.75, 3.05) is 5.32 Å². The summed E-state index contributed by atoms with van der Waals surface area (Å²) in [5.74, 6) is -0.616. The molecule has 0 atom stereocenters. The third kappa shape index (κ3) is 3.73. The van der Waals surface area contributed by atoms with Crippen molar-refractivity contribution >= 4 is 22.4 Å². The van der Waals surface area contributed by atoms with Gasteiger partial charge in [0.05, 0.1) is 11.3 Å². The molecule has 5 nitrogen and oxygen atoms in total. The lowest BCUT2D eigenvalue weighted by atomic mass is 10.3. The number of pyridine rings is 1. The van der Waals surface area contributed by atoms with E-state index in [0.717, 1.165) is 16.6 Å². The van der Waals surface area contributed by atoms with Crippen LogP contribution in [0.15, 0.2) is 23.1 Å². The third-order valence-corrected chi connectivity index (χ3v) is 3.89. The van der Waals surface area contributed by atoms with Gasteiger partial charge in [-0.1, -0.05) is 0 Å². The summed E-state index contributed by atoms with van der Waals surface area (Å²) in [6.45, 7) is 3.10. The van der Waals surface area contributed by atoms with Crippen molar-refractivity contribution in [2.45, 2.75) is 26.6 Å². The van der Waals surface area contributed by atoms with Gasteiger partial charge in [-0.25, -0.2) is 4.98 Å². The van der Waals surface area contributed by atoms with Crippen LogP contribution in [0, 0.1) is 13.8 Å². The monoisotopic (exact) mass is 331 g/mol. The van der Waals surface area contributed by atoms with Crippen molar-refractivity contribution in [3.05, 3.63) is 44.8 Å². The van der Waals surface area contributed by atoms with Gasteiger partial charge in [-0.3, -0.25) is 9.59 Å². The molecule has 2 heterocycles. The predicted molar refractivity (Wildman–Crippen MR) is 75.9 cm³/mol. The van der Waals surface area contributed by atoms with E-state index in [9.17, 15) is 22.8 Å². The summed E-state index contributed by atoms with van der Waals surface area (Å²) in [7, 11) is 0. The molecule has 1 N–H and O–H groups in total. The SMILES string of the molecule is Cc1nc(NC(=O)Cn2cc(C(F)(F)F)ccc2=O)sc1C. The maximum absolute atomic E-state index is 12.6. The molecule has 0 saturated carbocycles. The maximum Gasteiger partial charge on any atom is 0.417 e. The molecule has 0 aliphatic carbocycles. The van der Waals surface area contributed by atoms with Crippen LogP contribution in [-0.2, 0) is 17.5 Å². The third-order valence-electron chi connectivity index (χ3n) is 2.90. The Morgan fingerprint density at radius 3 is 2.59 bits per heavy atom. The Kier molecular flexibility index (Phi) is 4.36. The van der Waals surface area contributed by atoms with Crippen LogP contribution in [0.3, 0.4) is 0 Å². The zero-order chi connectivity index (χ0) is 16.5. The van der Waals surface area contributed by atoms with Crippen LogP contribution in [0.25, 0.3) is 0 Å². The van der Waals surface area contributed by atoms with Crippen molar-refractivity contribution in [2.24, 2.45) is 0 Å². The number of carbonyl (C=O) groups excluding carboxylic acids is 1. The summed E-state index contributed by atoms with van der Waals surface area (Å²) in [4.78, 5) is 28.4. The van der Waals surface area contributed by atoms with Crippen LogP contribution < -0.4 is 10.9 Å². The number of hydrogen-bond donors (Lipinski definition) is 1. The number of carbonyl (C=O) groups is 1. The average Bonchev–Trinajstić information content (AvgIpc) is 2.69. The molecule has 0 aliphatic heterocycles. The summed E-state index contributed by atoms with van der Waals surface area (Å²) >= 11 is 1.25. The van der Waals surface area contributed by atoms with Crippen molar-refractivity contribution in [1.29, 1.82) is 0 Å². The molecule has 118 valence electrons. The van der Waals surface area contributed by atoms with Gasteiger partial charge < -0.3 is 9.88 Å². The lowest BCUT2D eigenvalue weighted by molar-refractivity contribution is -0.138. The van der Waals surface area contributed by atoms with Crippen LogP contribution in [0.5, 0.6) is 0 Å². The zero-order valence-corrected chi connectivity index (χ0v) is 12.5. The number of alkyl halides is 3. The number of nitrogens with zero attached hydrogens (tertiary/aromatic N) is 2. The van der Waals surface area contributed by atoms with E-state index >= 15 is 0 Å². The topological polar surface area (TPSA) is 64.0 Å². The van der Waals surface area contributed by atoms with Crippen molar-refractivity contribution < 1.29 is 18.0 Å². The molecule has 22 heavy (non-hydrogen) atoms. The van der Waals surface area contributed by atoms with Crippen LogP contribution in [0.1, 0.15) is 16.1 Å². The summed E-state index contributed by atoms with van der Waals surface area (Å²) in [5, 5.41) is 2.81. The summed E-state index contributed by atoms with van der Waals surface area (Å²) in [6, 6.07) is 1.47. The number of amides is 1. The van der Waals surface area contributed by atoms with E-state index in [1.165, 1.54) is 11.3 Å². The number of rotatable bonds is 3. The summed E-state index contributed by atoms with van der Waals surface area (Å²) in [6.07, 6.45) is -3.95. The Bertz CT molecular complexity index is 745. The molecular weight excluding hydrogens is 319 g/mol. The smallest absolute Gasteiger partial charge is 0.305 e. The van der Waals surface area contributed by atoms with E-state index in [1.54, 1.807) is 6.92 Å². The normalized spacial score (nSPS) is 11.5. The fraction of sp³-hybridized carbons (Fsp3) is 0.308. The summed E-state index contributed by atoms with van der Waals surface area (Å²) in [5.41, 5.74) is -0.910. The highest BCUT2D eigenvalue weighted by Gasteiger charge is 2.31. The van der Waals surface area contributed by atoms with E-state index in [2.05, 4.69) is 10.3 Å². The van der Waals surface area contributed by atoms with E-state index in [1.807, 2.05) is 6.92 Å². The molecule has 0 fully saturated rings. The van der Waals surface area contributed by atoms with Crippen molar-refractivity contribution in [3.63, 3.8) is 0 Å². The second-order valence-electron chi connectivity index (χ2n) is 4.59. The molecule has 0 spiro atoms. The van der Waals surface area contributed by atoms with E-state index in [4.69, 9.17) is 0 Å². The maximum atomic E-state index is 12.6. The standard InChI is InChI=1S/C13H12F3N3O2S/c1-7-8(2)22-12(17-7)18-10(20)6-19-5-9(13(14,15)16)3-4-11(19)21/h3-5H,6H2,1-2H3,(H,17,18,20). The average molecular weight is 331 g/mol. The number of aromatic nitrogens is 2.